The molecule has 2 rings (SSSR count). The summed E-state index contributed by atoms with van der Waals surface area (Å²) < 4.78 is 17.5. The normalized spacial score (nSPS) is 21.9. The molecule has 1 aliphatic rings. The smallest absolute Gasteiger partial charge is 0.191 e. The molecule has 0 aliphatic heterocycles. The molecule has 26 heavy (non-hydrogen) atoms. The third kappa shape index (κ3) is 6.16. The lowest BCUT2D eigenvalue weighted by Gasteiger charge is -2.30. The van der Waals surface area contributed by atoms with Crippen molar-refractivity contribution in [2.24, 2.45) is 4.99 Å². The van der Waals surface area contributed by atoms with Gasteiger partial charge in [0.15, 0.2) is 5.96 Å². The van der Waals surface area contributed by atoms with Crippen LogP contribution in [0.1, 0.15) is 45.1 Å². The first-order valence-electron chi connectivity index (χ1n) is 9.31. The highest BCUT2D eigenvalue weighted by atomic mass is 35.5. The van der Waals surface area contributed by atoms with Gasteiger partial charge in [0.1, 0.15) is 5.75 Å². The summed E-state index contributed by atoms with van der Waals surface area (Å²) in [7, 11) is 0.915. The molecule has 0 amide bonds. The highest BCUT2D eigenvalue weighted by Crippen LogP contribution is 2.24. The lowest BCUT2D eigenvalue weighted by Crippen LogP contribution is -2.46. The maximum Gasteiger partial charge on any atom is 0.191 e. The van der Waals surface area contributed by atoms with Crippen LogP contribution in [0.25, 0.3) is 0 Å². The summed E-state index contributed by atoms with van der Waals surface area (Å²) in [5.74, 6) is 2.27. The van der Waals surface area contributed by atoms with Crippen LogP contribution < -0.4 is 15.4 Å². The molecule has 146 valence electrons. The predicted molar refractivity (Wildman–Crippen MR) is 111 cm³/mol. The van der Waals surface area contributed by atoms with E-state index in [0.29, 0.717) is 22.9 Å². The third-order valence-electron chi connectivity index (χ3n) is 4.62. The van der Waals surface area contributed by atoms with E-state index in [4.69, 9.17) is 21.3 Å². The van der Waals surface area contributed by atoms with Crippen LogP contribution in [-0.2, 0) is 17.3 Å². The van der Waals surface area contributed by atoms with E-state index in [1.54, 1.807) is 13.2 Å². The minimum Gasteiger partial charge on any atom is -0.496 e. The summed E-state index contributed by atoms with van der Waals surface area (Å²) in [5, 5.41) is 7.77. The van der Waals surface area contributed by atoms with E-state index in [9.17, 15) is 4.21 Å². The number of ether oxygens (including phenoxy) is 1. The number of hydrogen-bond acceptors (Lipinski definition) is 3. The van der Waals surface area contributed by atoms with Gasteiger partial charge in [-0.25, -0.2) is 4.99 Å². The van der Waals surface area contributed by atoms with Crippen LogP contribution in [0.15, 0.2) is 23.2 Å². The number of halogens is 1. The predicted octanol–water partition coefficient (Wildman–Crippen LogP) is 3.48. The summed E-state index contributed by atoms with van der Waals surface area (Å²) in [4.78, 5) is 4.70. The fourth-order valence-corrected chi connectivity index (χ4v) is 4.79. The van der Waals surface area contributed by atoms with Gasteiger partial charge in [0.25, 0.3) is 0 Å². The number of rotatable bonds is 7. The fraction of sp³-hybridized carbons (Fsp3) is 0.632. The average molecular weight is 400 g/mol. The van der Waals surface area contributed by atoms with Crippen molar-refractivity contribution in [3.63, 3.8) is 0 Å². The maximum absolute atomic E-state index is 12.1. The Labute approximate surface area is 164 Å². The Morgan fingerprint density at radius 3 is 2.88 bits per heavy atom. The Morgan fingerprint density at radius 1 is 1.38 bits per heavy atom. The van der Waals surface area contributed by atoms with Gasteiger partial charge in [-0.2, -0.15) is 0 Å². The number of guanidine groups is 1. The molecule has 1 aromatic rings. The first-order chi connectivity index (χ1) is 12.6. The molecule has 0 radical (unpaired) electrons. The van der Waals surface area contributed by atoms with Crippen molar-refractivity contribution in [2.45, 2.75) is 57.4 Å². The zero-order valence-electron chi connectivity index (χ0n) is 15.9. The van der Waals surface area contributed by atoms with Crippen molar-refractivity contribution in [1.82, 2.24) is 10.6 Å². The zero-order chi connectivity index (χ0) is 18.9. The average Bonchev–Trinajstić information content (AvgIpc) is 2.66. The second kappa shape index (κ2) is 10.8. The quantitative estimate of drug-likeness (QED) is 0.544. The molecule has 3 atom stereocenters. The summed E-state index contributed by atoms with van der Waals surface area (Å²) in [6.45, 7) is 5.35. The monoisotopic (exact) mass is 399 g/mol. The molecular formula is C19H30ClN3O2S. The number of hydrogen-bond donors (Lipinski definition) is 2. The van der Waals surface area contributed by atoms with E-state index < -0.39 is 10.8 Å². The minimum absolute atomic E-state index is 0.297. The molecule has 3 unspecified atom stereocenters. The van der Waals surface area contributed by atoms with E-state index in [1.165, 1.54) is 0 Å². The molecule has 1 saturated carbocycles. The van der Waals surface area contributed by atoms with Crippen LogP contribution in [0.3, 0.4) is 0 Å². The maximum atomic E-state index is 12.1. The Kier molecular flexibility index (Phi) is 8.72. The number of aliphatic imine (C=N–C) groups is 1. The Balaban J connectivity index is 2.03. The van der Waals surface area contributed by atoms with Crippen LogP contribution in [0.5, 0.6) is 5.75 Å². The second-order valence-electron chi connectivity index (χ2n) is 6.45. The first kappa shape index (κ1) is 21.0. The Morgan fingerprint density at radius 2 is 2.19 bits per heavy atom. The number of methoxy groups -OCH3 is 1. The van der Waals surface area contributed by atoms with E-state index in [-0.39, 0.29) is 0 Å². The molecule has 5 nitrogen and oxygen atoms in total. The van der Waals surface area contributed by atoms with Gasteiger partial charge in [0.2, 0.25) is 0 Å². The molecule has 0 aromatic heterocycles. The summed E-state index contributed by atoms with van der Waals surface area (Å²) in [6, 6.07) is 5.91. The van der Waals surface area contributed by atoms with Crippen molar-refractivity contribution in [3.8, 4) is 5.75 Å². The van der Waals surface area contributed by atoms with Gasteiger partial charge >= 0.3 is 0 Å². The van der Waals surface area contributed by atoms with E-state index in [1.807, 2.05) is 19.1 Å². The second-order valence-corrected chi connectivity index (χ2v) is 8.89. The lowest BCUT2D eigenvalue weighted by atomic mass is 9.95. The molecule has 0 heterocycles. The number of nitrogens with zero attached hydrogens (tertiary/aromatic N) is 1. The van der Waals surface area contributed by atoms with Crippen molar-refractivity contribution >= 4 is 28.4 Å². The zero-order valence-corrected chi connectivity index (χ0v) is 17.5. The van der Waals surface area contributed by atoms with Gasteiger partial charge in [-0.15, -0.1) is 0 Å². The van der Waals surface area contributed by atoms with Crippen LogP contribution in [0.2, 0.25) is 5.02 Å². The highest BCUT2D eigenvalue weighted by molar-refractivity contribution is 7.85. The van der Waals surface area contributed by atoms with Gasteiger partial charge in [0.05, 0.1) is 13.7 Å². The Bertz CT molecular complexity index is 639. The van der Waals surface area contributed by atoms with Crippen LogP contribution in [0.4, 0.5) is 0 Å². The van der Waals surface area contributed by atoms with E-state index in [2.05, 4.69) is 17.6 Å². The summed E-state index contributed by atoms with van der Waals surface area (Å²) >= 11 is 6.02. The molecule has 1 aliphatic carbocycles. The van der Waals surface area contributed by atoms with Gasteiger partial charge in [-0.3, -0.25) is 4.21 Å². The molecular weight excluding hydrogens is 370 g/mol. The fourth-order valence-electron chi connectivity index (χ4n) is 3.28. The molecule has 0 bridgehead atoms. The SMILES string of the molecule is CCNC(=NCc1ccc(Cl)cc1OC)NC1CCCC(S(=O)CC)C1. The summed E-state index contributed by atoms with van der Waals surface area (Å²) in [6.07, 6.45) is 4.20. The van der Waals surface area contributed by atoms with Crippen molar-refractivity contribution in [1.29, 1.82) is 0 Å². The van der Waals surface area contributed by atoms with Gasteiger partial charge in [-0.1, -0.05) is 31.0 Å². The Hall–Kier alpha value is -1.27. The number of nitrogens with one attached hydrogen (secondary N) is 2. The lowest BCUT2D eigenvalue weighted by molar-refractivity contribution is 0.409. The van der Waals surface area contributed by atoms with Gasteiger partial charge in [0, 0.05) is 45.0 Å². The molecule has 1 fully saturated rings. The highest BCUT2D eigenvalue weighted by Gasteiger charge is 2.26. The van der Waals surface area contributed by atoms with Crippen LogP contribution >= 0.6 is 11.6 Å². The largest absolute Gasteiger partial charge is 0.496 e. The first-order valence-corrected chi connectivity index (χ1v) is 11.1. The van der Waals surface area contributed by atoms with Crippen molar-refractivity contribution in [2.75, 3.05) is 19.4 Å². The summed E-state index contributed by atoms with van der Waals surface area (Å²) in [5.41, 5.74) is 0.989. The molecule has 2 N–H and O–H groups in total. The van der Waals surface area contributed by atoms with Crippen molar-refractivity contribution < 1.29 is 8.95 Å². The number of benzene rings is 1. The standard InChI is InChI=1S/C19H30ClN3O2S/c1-4-21-19(22-13-14-9-10-15(20)11-18(14)25-3)23-16-7-6-8-17(12-16)26(24)5-2/h9-11,16-17H,4-8,12-13H2,1-3H3,(H2,21,22,23). The van der Waals surface area contributed by atoms with Crippen LogP contribution in [0, 0.1) is 0 Å². The molecule has 0 saturated heterocycles. The minimum atomic E-state index is -0.722. The van der Waals surface area contributed by atoms with Crippen LogP contribution in [-0.4, -0.2) is 40.9 Å². The van der Waals surface area contributed by atoms with E-state index >= 15 is 0 Å². The van der Waals surface area contributed by atoms with Crippen molar-refractivity contribution in [3.05, 3.63) is 28.8 Å². The molecule has 1 aromatic carbocycles. The third-order valence-corrected chi connectivity index (χ3v) is 6.60. The van der Waals surface area contributed by atoms with E-state index in [0.717, 1.165) is 55.3 Å². The van der Waals surface area contributed by atoms with Gasteiger partial charge in [-0.05, 0) is 38.3 Å². The van der Waals surface area contributed by atoms with Gasteiger partial charge < -0.3 is 15.4 Å². The molecule has 7 heteroatoms. The topological polar surface area (TPSA) is 62.7 Å². The molecule has 0 spiro atoms.